The summed E-state index contributed by atoms with van der Waals surface area (Å²) in [6.07, 6.45) is 0.260. The van der Waals surface area contributed by atoms with E-state index in [1.807, 2.05) is 52.8 Å². The van der Waals surface area contributed by atoms with Crippen LogP contribution in [0.5, 0.6) is 5.75 Å². The summed E-state index contributed by atoms with van der Waals surface area (Å²) in [7, 11) is 0. The van der Waals surface area contributed by atoms with Crippen molar-refractivity contribution in [2.45, 2.75) is 47.1 Å². The number of rotatable bonds is 8. The van der Waals surface area contributed by atoms with E-state index in [1.165, 1.54) is 5.56 Å². The van der Waals surface area contributed by atoms with Gasteiger partial charge in [-0.2, -0.15) is 0 Å². The molecule has 23 heavy (non-hydrogen) atoms. The third-order valence-electron chi connectivity index (χ3n) is 3.42. The number of likely N-dealkylation sites (N-methyl/N-ethyl adjacent to an activating group) is 1. The van der Waals surface area contributed by atoms with Gasteiger partial charge in [-0.1, -0.05) is 17.7 Å². The van der Waals surface area contributed by atoms with Gasteiger partial charge >= 0.3 is 0 Å². The lowest BCUT2D eigenvalue weighted by molar-refractivity contribution is -0.136. The summed E-state index contributed by atoms with van der Waals surface area (Å²) in [6.45, 7) is 10.6. The fraction of sp³-hybridized carbons (Fsp3) is 0.556. The number of ether oxygens (including phenoxy) is 1. The van der Waals surface area contributed by atoms with Crippen LogP contribution in [0.1, 0.15) is 38.3 Å². The Balaban J connectivity index is 2.45. The molecule has 0 unspecified atom stereocenters. The second-order valence-corrected chi connectivity index (χ2v) is 6.00. The molecule has 0 atom stereocenters. The van der Waals surface area contributed by atoms with Crippen molar-refractivity contribution >= 4 is 11.8 Å². The molecule has 0 aromatic heterocycles. The molecule has 0 radical (unpaired) electrons. The quantitative estimate of drug-likeness (QED) is 0.800. The molecular formula is C18H28N2O3. The third kappa shape index (κ3) is 6.72. The summed E-state index contributed by atoms with van der Waals surface area (Å²) in [6, 6.07) is 6.02. The number of benzene rings is 1. The molecule has 0 heterocycles. The van der Waals surface area contributed by atoms with E-state index in [-0.39, 0.29) is 30.8 Å². The smallest absolute Gasteiger partial charge is 0.239 e. The third-order valence-corrected chi connectivity index (χ3v) is 3.42. The molecule has 0 aliphatic rings. The summed E-state index contributed by atoms with van der Waals surface area (Å²) in [5, 5.41) is 2.79. The van der Waals surface area contributed by atoms with E-state index in [1.54, 1.807) is 4.90 Å². The normalized spacial score (nSPS) is 10.5. The van der Waals surface area contributed by atoms with E-state index in [4.69, 9.17) is 4.74 Å². The highest BCUT2D eigenvalue weighted by atomic mass is 16.5. The van der Waals surface area contributed by atoms with Crippen LogP contribution in [-0.4, -0.2) is 42.5 Å². The zero-order valence-corrected chi connectivity index (χ0v) is 14.8. The van der Waals surface area contributed by atoms with Gasteiger partial charge in [-0.05, 0) is 46.2 Å². The summed E-state index contributed by atoms with van der Waals surface area (Å²) in [5.74, 6) is 0.589. The summed E-state index contributed by atoms with van der Waals surface area (Å²) < 4.78 is 5.68. The lowest BCUT2D eigenvalue weighted by Gasteiger charge is -2.21. The molecule has 0 saturated heterocycles. The number of nitrogens with zero attached hydrogens (tertiary/aromatic N) is 1. The fourth-order valence-corrected chi connectivity index (χ4v) is 2.28. The van der Waals surface area contributed by atoms with Crippen LogP contribution in [0.4, 0.5) is 0 Å². The van der Waals surface area contributed by atoms with Crippen LogP contribution in [0.15, 0.2) is 18.2 Å². The molecule has 0 saturated carbocycles. The minimum absolute atomic E-state index is 0.0730. The van der Waals surface area contributed by atoms with Crippen molar-refractivity contribution in [2.24, 2.45) is 0 Å². The fourth-order valence-electron chi connectivity index (χ4n) is 2.28. The maximum atomic E-state index is 12.2. The average Bonchev–Trinajstić information content (AvgIpc) is 2.46. The first-order chi connectivity index (χ1) is 10.8. The van der Waals surface area contributed by atoms with E-state index in [0.717, 1.165) is 11.3 Å². The van der Waals surface area contributed by atoms with Gasteiger partial charge in [0.05, 0.1) is 19.6 Å². The topological polar surface area (TPSA) is 58.6 Å². The molecule has 1 rings (SSSR count). The Morgan fingerprint density at radius 1 is 1.26 bits per heavy atom. The molecule has 5 nitrogen and oxygen atoms in total. The van der Waals surface area contributed by atoms with Crippen molar-refractivity contribution in [1.29, 1.82) is 0 Å². The molecule has 0 aliphatic carbocycles. The Morgan fingerprint density at radius 3 is 2.52 bits per heavy atom. The van der Waals surface area contributed by atoms with Gasteiger partial charge in [0.25, 0.3) is 0 Å². The predicted molar refractivity (Wildman–Crippen MR) is 91.6 cm³/mol. The number of carbonyl (C=O) groups excluding carboxylic acids is 2. The highest BCUT2D eigenvalue weighted by molar-refractivity contribution is 5.84. The molecule has 2 amide bonds. The molecule has 1 N–H and O–H groups in total. The van der Waals surface area contributed by atoms with Crippen LogP contribution in [0, 0.1) is 13.8 Å². The van der Waals surface area contributed by atoms with E-state index in [2.05, 4.69) is 5.32 Å². The maximum Gasteiger partial charge on any atom is 0.239 e. The zero-order valence-electron chi connectivity index (χ0n) is 14.8. The van der Waals surface area contributed by atoms with E-state index in [9.17, 15) is 9.59 Å². The first kappa shape index (κ1) is 19.0. The zero-order chi connectivity index (χ0) is 17.4. The van der Waals surface area contributed by atoms with Crippen LogP contribution in [-0.2, 0) is 9.59 Å². The van der Waals surface area contributed by atoms with Gasteiger partial charge in [0, 0.05) is 12.6 Å². The van der Waals surface area contributed by atoms with Crippen molar-refractivity contribution in [3.63, 3.8) is 0 Å². The van der Waals surface area contributed by atoms with Gasteiger partial charge < -0.3 is 15.0 Å². The lowest BCUT2D eigenvalue weighted by atomic mass is 10.1. The van der Waals surface area contributed by atoms with Crippen LogP contribution in [0.3, 0.4) is 0 Å². The molecule has 1 aromatic carbocycles. The van der Waals surface area contributed by atoms with Crippen molar-refractivity contribution in [2.75, 3.05) is 19.7 Å². The molecular weight excluding hydrogens is 292 g/mol. The van der Waals surface area contributed by atoms with Crippen LogP contribution in [0.25, 0.3) is 0 Å². The Bertz CT molecular complexity index is 541. The SMILES string of the molecule is CCN(CC(=O)NC(C)C)C(=O)CCOc1ccc(C)cc1C. The minimum atomic E-state index is -0.134. The van der Waals surface area contributed by atoms with E-state index < -0.39 is 0 Å². The number of aryl methyl sites for hydroxylation is 2. The number of nitrogens with one attached hydrogen (secondary N) is 1. The highest BCUT2D eigenvalue weighted by Crippen LogP contribution is 2.18. The monoisotopic (exact) mass is 320 g/mol. The second kappa shape index (κ2) is 9.18. The van der Waals surface area contributed by atoms with Gasteiger partial charge in [0.15, 0.2) is 0 Å². The lowest BCUT2D eigenvalue weighted by Crippen LogP contribution is -2.42. The Labute approximate surface area is 139 Å². The van der Waals surface area contributed by atoms with Crippen LogP contribution < -0.4 is 10.1 Å². The van der Waals surface area contributed by atoms with Crippen molar-refractivity contribution in [3.05, 3.63) is 29.3 Å². The predicted octanol–water partition coefficient (Wildman–Crippen LogP) is 2.45. The molecule has 128 valence electrons. The van der Waals surface area contributed by atoms with Crippen LogP contribution >= 0.6 is 0 Å². The Kier molecular flexibility index (Phi) is 7.59. The maximum absolute atomic E-state index is 12.2. The molecule has 1 aromatic rings. The summed E-state index contributed by atoms with van der Waals surface area (Å²) in [5.41, 5.74) is 2.24. The molecule has 0 spiro atoms. The minimum Gasteiger partial charge on any atom is -0.493 e. The highest BCUT2D eigenvalue weighted by Gasteiger charge is 2.16. The first-order valence-electron chi connectivity index (χ1n) is 8.10. The van der Waals surface area contributed by atoms with Crippen molar-refractivity contribution in [3.8, 4) is 5.75 Å². The number of amides is 2. The average molecular weight is 320 g/mol. The first-order valence-corrected chi connectivity index (χ1v) is 8.10. The Hall–Kier alpha value is -2.04. The summed E-state index contributed by atoms with van der Waals surface area (Å²) in [4.78, 5) is 25.5. The van der Waals surface area contributed by atoms with E-state index in [0.29, 0.717) is 13.2 Å². The van der Waals surface area contributed by atoms with Crippen LogP contribution in [0.2, 0.25) is 0 Å². The van der Waals surface area contributed by atoms with Crippen molar-refractivity contribution < 1.29 is 14.3 Å². The van der Waals surface area contributed by atoms with Gasteiger partial charge in [-0.3, -0.25) is 9.59 Å². The summed E-state index contributed by atoms with van der Waals surface area (Å²) >= 11 is 0. The molecule has 0 fully saturated rings. The number of carbonyl (C=O) groups is 2. The van der Waals surface area contributed by atoms with Gasteiger partial charge in [0.1, 0.15) is 5.75 Å². The number of hydrogen-bond acceptors (Lipinski definition) is 3. The van der Waals surface area contributed by atoms with Gasteiger partial charge in [-0.25, -0.2) is 0 Å². The largest absolute Gasteiger partial charge is 0.493 e. The Morgan fingerprint density at radius 2 is 1.96 bits per heavy atom. The van der Waals surface area contributed by atoms with E-state index >= 15 is 0 Å². The number of hydrogen-bond donors (Lipinski definition) is 1. The molecule has 0 bridgehead atoms. The standard InChI is InChI=1S/C18H28N2O3/c1-6-20(12-17(21)19-13(2)3)18(22)9-10-23-16-8-7-14(4)11-15(16)5/h7-8,11,13H,6,9-10,12H2,1-5H3,(H,19,21). The van der Waals surface area contributed by atoms with Gasteiger partial charge in [0.2, 0.25) is 11.8 Å². The van der Waals surface area contributed by atoms with Gasteiger partial charge in [-0.15, -0.1) is 0 Å². The second-order valence-electron chi connectivity index (χ2n) is 6.00. The molecule has 0 aliphatic heterocycles. The molecule has 5 heteroatoms. The van der Waals surface area contributed by atoms with Crippen molar-refractivity contribution in [1.82, 2.24) is 10.2 Å².